The summed E-state index contributed by atoms with van der Waals surface area (Å²) in [6, 6.07) is 0.594. The predicted octanol–water partition coefficient (Wildman–Crippen LogP) is 0.955. The highest BCUT2D eigenvalue weighted by Gasteiger charge is 2.37. The van der Waals surface area contributed by atoms with E-state index in [0.717, 1.165) is 11.8 Å². The second kappa shape index (κ2) is 3.78. The molecule has 3 heteroatoms. The smallest absolute Gasteiger partial charge is 0.188 e. The maximum atomic E-state index is 5.55. The molecule has 0 radical (unpaired) electrons. The molecule has 1 fully saturated rings. The van der Waals surface area contributed by atoms with E-state index in [-0.39, 0.29) is 0 Å². The van der Waals surface area contributed by atoms with Crippen molar-refractivity contribution < 1.29 is 0 Å². The Morgan fingerprint density at radius 1 is 1.67 bits per heavy atom. The van der Waals surface area contributed by atoms with Crippen LogP contribution < -0.4 is 11.1 Å². The Morgan fingerprint density at radius 3 is 2.83 bits per heavy atom. The fourth-order valence-electron chi connectivity index (χ4n) is 1.54. The average molecular weight is 169 g/mol. The maximum Gasteiger partial charge on any atom is 0.188 e. The standard InChI is InChI=1S/C9H19N3/c1-6(2)4-7-5-8(7)12-9(10)11-3/h6-8H,4-5H2,1-3H3,(H3,10,11,12). The molecule has 2 unspecified atom stereocenters. The third kappa shape index (κ3) is 2.72. The molecule has 1 rings (SSSR count). The van der Waals surface area contributed by atoms with Gasteiger partial charge in [-0.1, -0.05) is 13.8 Å². The number of hydrogen-bond donors (Lipinski definition) is 2. The summed E-state index contributed by atoms with van der Waals surface area (Å²) in [4.78, 5) is 3.87. The number of hydrogen-bond acceptors (Lipinski definition) is 1. The van der Waals surface area contributed by atoms with Gasteiger partial charge in [-0.05, 0) is 24.7 Å². The first kappa shape index (κ1) is 9.36. The van der Waals surface area contributed by atoms with E-state index in [1.165, 1.54) is 12.8 Å². The van der Waals surface area contributed by atoms with Gasteiger partial charge in [0.1, 0.15) is 0 Å². The minimum absolute atomic E-state index is 0.575. The molecule has 0 bridgehead atoms. The third-order valence-electron chi connectivity index (χ3n) is 2.27. The fourth-order valence-corrected chi connectivity index (χ4v) is 1.54. The van der Waals surface area contributed by atoms with E-state index in [4.69, 9.17) is 5.73 Å². The highest BCUT2D eigenvalue weighted by Crippen LogP contribution is 2.35. The van der Waals surface area contributed by atoms with Crippen LogP contribution in [0, 0.1) is 11.8 Å². The zero-order chi connectivity index (χ0) is 9.14. The van der Waals surface area contributed by atoms with Crippen molar-refractivity contribution in [3.8, 4) is 0 Å². The summed E-state index contributed by atoms with van der Waals surface area (Å²) in [5.41, 5.74) is 5.55. The predicted molar refractivity (Wildman–Crippen MR) is 52.0 cm³/mol. The molecule has 0 aliphatic heterocycles. The minimum Gasteiger partial charge on any atom is -0.370 e. The van der Waals surface area contributed by atoms with Crippen LogP contribution in [-0.2, 0) is 0 Å². The van der Waals surface area contributed by atoms with Crippen molar-refractivity contribution in [2.24, 2.45) is 22.6 Å². The van der Waals surface area contributed by atoms with Crippen LogP contribution in [0.25, 0.3) is 0 Å². The van der Waals surface area contributed by atoms with Crippen molar-refractivity contribution in [3.63, 3.8) is 0 Å². The minimum atomic E-state index is 0.575. The summed E-state index contributed by atoms with van der Waals surface area (Å²) in [5, 5.41) is 3.19. The first-order valence-electron chi connectivity index (χ1n) is 4.62. The molecule has 0 amide bonds. The third-order valence-corrected chi connectivity index (χ3v) is 2.27. The van der Waals surface area contributed by atoms with Gasteiger partial charge in [-0.25, -0.2) is 0 Å². The van der Waals surface area contributed by atoms with Crippen LogP contribution in [0.15, 0.2) is 4.99 Å². The van der Waals surface area contributed by atoms with Gasteiger partial charge in [0, 0.05) is 13.1 Å². The summed E-state index contributed by atoms with van der Waals surface area (Å²) in [7, 11) is 1.71. The number of aliphatic imine (C=N–C) groups is 1. The summed E-state index contributed by atoms with van der Waals surface area (Å²) < 4.78 is 0. The molecule has 70 valence electrons. The van der Waals surface area contributed by atoms with Crippen LogP contribution in [0.4, 0.5) is 0 Å². The molecule has 0 aromatic heterocycles. The largest absolute Gasteiger partial charge is 0.370 e. The van der Waals surface area contributed by atoms with Crippen molar-refractivity contribution in [1.29, 1.82) is 0 Å². The molecule has 3 N–H and O–H groups in total. The second-order valence-corrected chi connectivity index (χ2v) is 3.99. The number of nitrogens with two attached hydrogens (primary N) is 1. The van der Waals surface area contributed by atoms with Crippen LogP contribution >= 0.6 is 0 Å². The lowest BCUT2D eigenvalue weighted by Crippen LogP contribution is -2.34. The van der Waals surface area contributed by atoms with E-state index < -0.39 is 0 Å². The molecule has 1 aliphatic rings. The Bertz CT molecular complexity index is 175. The SMILES string of the molecule is CN=C(N)NC1CC1CC(C)C. The molecular weight excluding hydrogens is 150 g/mol. The van der Waals surface area contributed by atoms with Gasteiger partial charge in [0.25, 0.3) is 0 Å². The molecule has 3 nitrogen and oxygen atoms in total. The molecular formula is C9H19N3. The summed E-state index contributed by atoms with van der Waals surface area (Å²) in [6.45, 7) is 4.51. The van der Waals surface area contributed by atoms with Crippen molar-refractivity contribution >= 4 is 5.96 Å². The van der Waals surface area contributed by atoms with Crippen LogP contribution in [0.5, 0.6) is 0 Å². The molecule has 1 aliphatic carbocycles. The highest BCUT2D eigenvalue weighted by molar-refractivity contribution is 5.78. The topological polar surface area (TPSA) is 50.4 Å². The van der Waals surface area contributed by atoms with Gasteiger partial charge in [0.2, 0.25) is 0 Å². The summed E-state index contributed by atoms with van der Waals surface area (Å²) in [6.07, 6.45) is 2.56. The lowest BCUT2D eigenvalue weighted by Gasteiger charge is -2.05. The van der Waals surface area contributed by atoms with E-state index >= 15 is 0 Å². The number of rotatable bonds is 3. The Hall–Kier alpha value is -0.730. The molecule has 12 heavy (non-hydrogen) atoms. The molecule has 1 saturated carbocycles. The van der Waals surface area contributed by atoms with Crippen LogP contribution in [0.2, 0.25) is 0 Å². The molecule has 0 spiro atoms. The van der Waals surface area contributed by atoms with E-state index in [1.807, 2.05) is 0 Å². The number of nitrogens with one attached hydrogen (secondary N) is 1. The molecule has 2 atom stereocenters. The van der Waals surface area contributed by atoms with Gasteiger partial charge in [-0.2, -0.15) is 0 Å². The molecule has 0 aromatic rings. The van der Waals surface area contributed by atoms with Crippen molar-refractivity contribution in [1.82, 2.24) is 5.32 Å². The Kier molecular flexibility index (Phi) is 2.95. The monoisotopic (exact) mass is 169 g/mol. The van der Waals surface area contributed by atoms with Crippen molar-refractivity contribution in [2.45, 2.75) is 32.7 Å². The van der Waals surface area contributed by atoms with Gasteiger partial charge in [-0.3, -0.25) is 4.99 Å². The van der Waals surface area contributed by atoms with Gasteiger partial charge in [-0.15, -0.1) is 0 Å². The summed E-state index contributed by atoms with van der Waals surface area (Å²) >= 11 is 0. The van der Waals surface area contributed by atoms with Gasteiger partial charge < -0.3 is 11.1 Å². The quantitative estimate of drug-likeness (QED) is 0.488. The molecule has 0 saturated heterocycles. The van der Waals surface area contributed by atoms with E-state index in [2.05, 4.69) is 24.2 Å². The van der Waals surface area contributed by atoms with Crippen molar-refractivity contribution in [2.75, 3.05) is 7.05 Å². The normalized spacial score (nSPS) is 29.2. The maximum absolute atomic E-state index is 5.55. The molecule has 0 heterocycles. The van der Waals surface area contributed by atoms with Crippen molar-refractivity contribution in [3.05, 3.63) is 0 Å². The van der Waals surface area contributed by atoms with E-state index in [1.54, 1.807) is 7.05 Å². The van der Waals surface area contributed by atoms with Crippen LogP contribution in [-0.4, -0.2) is 19.0 Å². The zero-order valence-corrected chi connectivity index (χ0v) is 8.17. The summed E-state index contributed by atoms with van der Waals surface area (Å²) in [5.74, 6) is 2.19. The van der Waals surface area contributed by atoms with Gasteiger partial charge in [0.05, 0.1) is 0 Å². The van der Waals surface area contributed by atoms with Crippen LogP contribution in [0.1, 0.15) is 26.7 Å². The number of guanidine groups is 1. The lowest BCUT2D eigenvalue weighted by atomic mass is 10.1. The van der Waals surface area contributed by atoms with Gasteiger partial charge >= 0.3 is 0 Å². The Morgan fingerprint density at radius 2 is 2.33 bits per heavy atom. The Balaban J connectivity index is 2.16. The Labute approximate surface area is 74.4 Å². The second-order valence-electron chi connectivity index (χ2n) is 3.99. The van der Waals surface area contributed by atoms with E-state index in [0.29, 0.717) is 12.0 Å². The first-order chi connectivity index (χ1) is 5.63. The number of nitrogens with zero attached hydrogens (tertiary/aromatic N) is 1. The molecule has 0 aromatic carbocycles. The van der Waals surface area contributed by atoms with E-state index in [9.17, 15) is 0 Å². The zero-order valence-electron chi connectivity index (χ0n) is 8.17. The lowest BCUT2D eigenvalue weighted by molar-refractivity contribution is 0.524. The average Bonchev–Trinajstić information content (AvgIpc) is 2.66. The highest BCUT2D eigenvalue weighted by atomic mass is 15.1. The van der Waals surface area contributed by atoms with Gasteiger partial charge in [0.15, 0.2) is 5.96 Å². The first-order valence-corrected chi connectivity index (χ1v) is 4.62. The van der Waals surface area contributed by atoms with Crippen LogP contribution in [0.3, 0.4) is 0 Å². The fraction of sp³-hybridized carbons (Fsp3) is 0.889.